The van der Waals surface area contributed by atoms with Gasteiger partial charge in [-0.1, -0.05) is 20.8 Å². The van der Waals surface area contributed by atoms with Crippen LogP contribution in [0, 0.1) is 24.6 Å². The highest BCUT2D eigenvalue weighted by Crippen LogP contribution is 2.25. The Balaban J connectivity index is 2.96. The summed E-state index contributed by atoms with van der Waals surface area (Å²) < 4.78 is 13.6. The quantitative estimate of drug-likeness (QED) is 0.795. The minimum atomic E-state index is -0.457. The lowest BCUT2D eigenvalue weighted by Gasteiger charge is -2.17. The van der Waals surface area contributed by atoms with Crippen molar-refractivity contribution in [3.63, 3.8) is 0 Å². The van der Waals surface area contributed by atoms with Crippen LogP contribution in [0.25, 0.3) is 0 Å². The van der Waals surface area contributed by atoms with Crippen LogP contribution in [0.15, 0.2) is 12.1 Å². The van der Waals surface area contributed by atoms with Gasteiger partial charge in [-0.2, -0.15) is 0 Å². The van der Waals surface area contributed by atoms with E-state index in [0.29, 0.717) is 11.3 Å². The number of hydrogen-bond acceptors (Lipinski definition) is 2. The van der Waals surface area contributed by atoms with Gasteiger partial charge in [-0.25, -0.2) is 4.39 Å². The molecule has 1 amide bonds. The number of benzene rings is 1. The smallest absolute Gasteiger partial charge is 0.227 e. The van der Waals surface area contributed by atoms with Gasteiger partial charge < -0.3 is 11.1 Å². The molecule has 0 aliphatic rings. The molecule has 0 saturated carbocycles. The van der Waals surface area contributed by atoms with E-state index < -0.39 is 5.82 Å². The Morgan fingerprint density at radius 2 is 1.94 bits per heavy atom. The highest BCUT2D eigenvalue weighted by atomic mass is 19.1. The first kappa shape index (κ1) is 13.5. The maximum atomic E-state index is 13.6. The summed E-state index contributed by atoms with van der Waals surface area (Å²) in [5.74, 6) is -0.608. The molecule has 0 bridgehead atoms. The minimum Gasteiger partial charge on any atom is -0.398 e. The molecular formula is C13H19FN2O. The minimum absolute atomic E-state index is 0.171. The first-order chi connectivity index (χ1) is 7.84. The second-order valence-electron chi connectivity index (χ2n) is 4.66. The van der Waals surface area contributed by atoms with Crippen molar-refractivity contribution in [2.75, 3.05) is 11.1 Å². The number of amides is 1. The van der Waals surface area contributed by atoms with Crippen molar-refractivity contribution < 1.29 is 9.18 Å². The molecule has 1 unspecified atom stereocenters. The van der Waals surface area contributed by atoms with Crippen molar-refractivity contribution in [2.24, 2.45) is 11.8 Å². The average Bonchev–Trinajstić information content (AvgIpc) is 2.28. The number of hydrogen-bond donors (Lipinski definition) is 2. The van der Waals surface area contributed by atoms with Gasteiger partial charge in [0, 0.05) is 11.6 Å². The predicted molar refractivity (Wildman–Crippen MR) is 68.2 cm³/mol. The van der Waals surface area contributed by atoms with Crippen molar-refractivity contribution in [2.45, 2.75) is 27.7 Å². The molecule has 0 spiro atoms. The summed E-state index contributed by atoms with van der Waals surface area (Å²) >= 11 is 0. The number of rotatable bonds is 3. The summed E-state index contributed by atoms with van der Waals surface area (Å²) in [6.07, 6.45) is 0. The highest BCUT2D eigenvalue weighted by Gasteiger charge is 2.19. The molecule has 0 heterocycles. The maximum Gasteiger partial charge on any atom is 0.227 e. The van der Waals surface area contributed by atoms with Crippen LogP contribution in [-0.2, 0) is 4.79 Å². The van der Waals surface area contributed by atoms with E-state index in [0.717, 1.165) is 0 Å². The lowest BCUT2D eigenvalue weighted by atomic mass is 9.97. The molecule has 0 aliphatic carbocycles. The Bertz CT molecular complexity index is 430. The van der Waals surface area contributed by atoms with Crippen LogP contribution >= 0.6 is 0 Å². The van der Waals surface area contributed by atoms with Crippen molar-refractivity contribution in [1.29, 1.82) is 0 Å². The third kappa shape index (κ3) is 2.96. The van der Waals surface area contributed by atoms with Crippen molar-refractivity contribution in [3.8, 4) is 0 Å². The zero-order chi connectivity index (χ0) is 13.2. The summed E-state index contributed by atoms with van der Waals surface area (Å²) in [7, 11) is 0. The Morgan fingerprint density at radius 1 is 1.35 bits per heavy atom. The van der Waals surface area contributed by atoms with Gasteiger partial charge in [0.1, 0.15) is 5.82 Å². The van der Waals surface area contributed by atoms with Gasteiger partial charge in [0.25, 0.3) is 0 Å². The number of halogens is 1. The molecular weight excluding hydrogens is 219 g/mol. The summed E-state index contributed by atoms with van der Waals surface area (Å²) in [5.41, 5.74) is 6.90. The molecule has 1 aromatic rings. The Hall–Kier alpha value is -1.58. The summed E-state index contributed by atoms with van der Waals surface area (Å²) in [5, 5.41) is 2.61. The van der Waals surface area contributed by atoms with E-state index in [9.17, 15) is 9.18 Å². The zero-order valence-corrected chi connectivity index (χ0v) is 10.7. The number of nitrogen functional groups attached to an aromatic ring is 1. The van der Waals surface area contributed by atoms with Crippen LogP contribution in [0.5, 0.6) is 0 Å². The molecule has 17 heavy (non-hydrogen) atoms. The normalized spacial score (nSPS) is 12.6. The van der Waals surface area contributed by atoms with E-state index in [1.165, 1.54) is 12.1 Å². The van der Waals surface area contributed by atoms with E-state index in [1.54, 1.807) is 6.92 Å². The van der Waals surface area contributed by atoms with E-state index in [-0.39, 0.29) is 23.4 Å². The van der Waals surface area contributed by atoms with Crippen molar-refractivity contribution >= 4 is 17.3 Å². The lowest BCUT2D eigenvalue weighted by Crippen LogP contribution is -2.25. The van der Waals surface area contributed by atoms with Gasteiger partial charge in [-0.3, -0.25) is 4.79 Å². The fraction of sp³-hybridized carbons (Fsp3) is 0.462. The number of anilines is 2. The predicted octanol–water partition coefficient (Wildman–Crippen LogP) is 2.95. The summed E-state index contributed by atoms with van der Waals surface area (Å²) in [6, 6.07) is 2.75. The van der Waals surface area contributed by atoms with Crippen LogP contribution in [0.4, 0.5) is 15.8 Å². The molecule has 0 aromatic heterocycles. The molecule has 0 fully saturated rings. The third-order valence-corrected chi connectivity index (χ3v) is 3.12. The van der Waals surface area contributed by atoms with E-state index in [2.05, 4.69) is 5.32 Å². The van der Waals surface area contributed by atoms with Crippen LogP contribution in [0.3, 0.4) is 0 Å². The maximum absolute atomic E-state index is 13.6. The fourth-order valence-corrected chi connectivity index (χ4v) is 1.39. The molecule has 1 aromatic carbocycles. The average molecular weight is 238 g/mol. The molecule has 0 aliphatic heterocycles. The lowest BCUT2D eigenvalue weighted by molar-refractivity contribution is -0.120. The topological polar surface area (TPSA) is 55.1 Å². The molecule has 1 rings (SSSR count). The highest BCUT2D eigenvalue weighted by molar-refractivity contribution is 5.94. The molecule has 0 radical (unpaired) electrons. The van der Waals surface area contributed by atoms with Crippen LogP contribution in [0.2, 0.25) is 0 Å². The Kier molecular flexibility index (Phi) is 4.10. The standard InChI is InChI=1S/C13H19FN2O/c1-7(2)8(3)13(17)16-12-9(4)11(15)6-5-10(12)14/h5-8H,15H2,1-4H3,(H,16,17). The van der Waals surface area contributed by atoms with E-state index in [4.69, 9.17) is 5.73 Å². The van der Waals surface area contributed by atoms with Crippen LogP contribution < -0.4 is 11.1 Å². The second kappa shape index (κ2) is 5.17. The van der Waals surface area contributed by atoms with Gasteiger partial charge in [0.2, 0.25) is 5.91 Å². The number of carbonyl (C=O) groups is 1. The van der Waals surface area contributed by atoms with Gasteiger partial charge in [-0.15, -0.1) is 0 Å². The Morgan fingerprint density at radius 3 is 2.47 bits per heavy atom. The molecule has 94 valence electrons. The molecule has 3 nitrogen and oxygen atoms in total. The molecule has 1 atom stereocenters. The fourth-order valence-electron chi connectivity index (χ4n) is 1.39. The summed E-state index contributed by atoms with van der Waals surface area (Å²) in [4.78, 5) is 11.9. The molecule has 0 saturated heterocycles. The van der Waals surface area contributed by atoms with Gasteiger partial charge in [0.05, 0.1) is 5.69 Å². The molecule has 4 heteroatoms. The zero-order valence-electron chi connectivity index (χ0n) is 10.7. The van der Waals surface area contributed by atoms with Crippen molar-refractivity contribution in [1.82, 2.24) is 0 Å². The number of nitrogens with one attached hydrogen (secondary N) is 1. The summed E-state index contributed by atoms with van der Waals surface area (Å²) in [6.45, 7) is 7.41. The van der Waals surface area contributed by atoms with E-state index >= 15 is 0 Å². The first-order valence-corrected chi connectivity index (χ1v) is 5.70. The number of carbonyl (C=O) groups excluding carboxylic acids is 1. The first-order valence-electron chi connectivity index (χ1n) is 5.70. The SMILES string of the molecule is Cc1c(N)ccc(F)c1NC(=O)C(C)C(C)C. The third-order valence-electron chi connectivity index (χ3n) is 3.12. The second-order valence-corrected chi connectivity index (χ2v) is 4.66. The van der Waals surface area contributed by atoms with Gasteiger partial charge >= 0.3 is 0 Å². The van der Waals surface area contributed by atoms with E-state index in [1.807, 2.05) is 20.8 Å². The number of nitrogens with two attached hydrogens (primary N) is 1. The largest absolute Gasteiger partial charge is 0.398 e. The van der Waals surface area contributed by atoms with Gasteiger partial charge in [-0.05, 0) is 30.5 Å². The van der Waals surface area contributed by atoms with Gasteiger partial charge in [0.15, 0.2) is 0 Å². The monoisotopic (exact) mass is 238 g/mol. The van der Waals surface area contributed by atoms with Crippen LogP contribution in [-0.4, -0.2) is 5.91 Å². The van der Waals surface area contributed by atoms with Crippen LogP contribution in [0.1, 0.15) is 26.3 Å². The Labute approximate surface area is 101 Å². The molecule has 3 N–H and O–H groups in total. The van der Waals surface area contributed by atoms with Crippen molar-refractivity contribution in [3.05, 3.63) is 23.5 Å².